The molecule has 12 heavy (non-hydrogen) atoms. The predicted molar refractivity (Wildman–Crippen MR) is 55.3 cm³/mol. The van der Waals surface area contributed by atoms with E-state index in [4.69, 9.17) is 11.6 Å². The molecule has 62 valence electrons. The number of rotatable bonds is 2. The van der Waals surface area contributed by atoms with Crippen LogP contribution in [0.4, 0.5) is 5.69 Å². The van der Waals surface area contributed by atoms with E-state index in [-0.39, 0.29) is 0 Å². The monoisotopic (exact) mass is 179 g/mol. The average molecular weight is 180 g/mol. The SMILES string of the molecule is C=Nc1cc(C)ccc1C(=C)Cl. The summed E-state index contributed by atoms with van der Waals surface area (Å²) in [5.41, 5.74) is 2.77. The fraction of sp³-hybridized carbons (Fsp3) is 0.100. The van der Waals surface area contributed by atoms with Crippen LogP contribution in [0, 0.1) is 6.92 Å². The number of aliphatic imine (C=N–C) groups is 1. The maximum Gasteiger partial charge on any atom is 0.0712 e. The first-order valence-corrected chi connectivity index (χ1v) is 3.95. The van der Waals surface area contributed by atoms with E-state index in [1.54, 1.807) is 0 Å². The zero-order chi connectivity index (χ0) is 9.14. The summed E-state index contributed by atoms with van der Waals surface area (Å²) >= 11 is 5.76. The first kappa shape index (κ1) is 9.01. The second kappa shape index (κ2) is 3.55. The van der Waals surface area contributed by atoms with Crippen LogP contribution < -0.4 is 0 Å². The van der Waals surface area contributed by atoms with Crippen molar-refractivity contribution in [1.82, 2.24) is 0 Å². The summed E-state index contributed by atoms with van der Waals surface area (Å²) in [7, 11) is 0. The zero-order valence-corrected chi connectivity index (χ0v) is 7.73. The first-order valence-electron chi connectivity index (χ1n) is 3.57. The standard InChI is InChI=1S/C10H10ClN/c1-7-4-5-9(8(2)11)10(6-7)12-3/h4-6H,2-3H2,1H3. The van der Waals surface area contributed by atoms with Gasteiger partial charge in [-0.15, -0.1) is 0 Å². The van der Waals surface area contributed by atoms with Gasteiger partial charge < -0.3 is 0 Å². The molecule has 1 aromatic rings. The molecule has 0 saturated carbocycles. The summed E-state index contributed by atoms with van der Waals surface area (Å²) in [5.74, 6) is 0. The van der Waals surface area contributed by atoms with E-state index in [9.17, 15) is 0 Å². The van der Waals surface area contributed by atoms with Crippen LogP contribution in [0.5, 0.6) is 0 Å². The van der Waals surface area contributed by atoms with Gasteiger partial charge in [-0.25, -0.2) is 0 Å². The molecule has 0 unspecified atom stereocenters. The van der Waals surface area contributed by atoms with Gasteiger partial charge in [0.25, 0.3) is 0 Å². The van der Waals surface area contributed by atoms with Gasteiger partial charge in [0, 0.05) is 10.6 Å². The Morgan fingerprint density at radius 3 is 2.67 bits per heavy atom. The van der Waals surface area contributed by atoms with E-state index in [1.807, 2.05) is 25.1 Å². The Balaban J connectivity index is 3.29. The summed E-state index contributed by atoms with van der Waals surface area (Å²) < 4.78 is 0. The highest BCUT2D eigenvalue weighted by molar-refractivity contribution is 6.48. The van der Waals surface area contributed by atoms with Gasteiger partial charge in [0.05, 0.1) is 5.69 Å². The van der Waals surface area contributed by atoms with Crippen LogP contribution in [0.1, 0.15) is 11.1 Å². The van der Waals surface area contributed by atoms with Crippen LogP contribution in [0.25, 0.3) is 5.03 Å². The normalized spacial score (nSPS) is 9.50. The number of benzene rings is 1. The maximum atomic E-state index is 5.76. The molecule has 1 aromatic carbocycles. The van der Waals surface area contributed by atoms with Gasteiger partial charge in [-0.3, -0.25) is 4.99 Å². The molecule has 0 saturated heterocycles. The Bertz CT molecular complexity index is 329. The Labute approximate surface area is 77.4 Å². The molecule has 1 nitrogen and oxygen atoms in total. The molecule has 0 atom stereocenters. The highest BCUT2D eigenvalue weighted by atomic mass is 35.5. The summed E-state index contributed by atoms with van der Waals surface area (Å²) in [5, 5.41) is 0.498. The van der Waals surface area contributed by atoms with Crippen molar-refractivity contribution in [3.63, 3.8) is 0 Å². The third-order valence-corrected chi connectivity index (χ3v) is 1.82. The number of halogens is 1. The van der Waals surface area contributed by atoms with Gasteiger partial charge in [-0.2, -0.15) is 0 Å². The zero-order valence-electron chi connectivity index (χ0n) is 6.97. The number of hydrogen-bond donors (Lipinski definition) is 0. The lowest BCUT2D eigenvalue weighted by Crippen LogP contribution is -1.79. The largest absolute Gasteiger partial charge is 0.264 e. The molecule has 0 bridgehead atoms. The van der Waals surface area contributed by atoms with Gasteiger partial charge in [-0.05, 0) is 25.3 Å². The van der Waals surface area contributed by atoms with Gasteiger partial charge in [0.2, 0.25) is 0 Å². The summed E-state index contributed by atoms with van der Waals surface area (Å²) in [6, 6.07) is 5.79. The molecule has 0 N–H and O–H groups in total. The molecule has 1 rings (SSSR count). The van der Waals surface area contributed by atoms with Gasteiger partial charge in [-0.1, -0.05) is 30.3 Å². The lowest BCUT2D eigenvalue weighted by molar-refractivity contribution is 1.42. The fourth-order valence-electron chi connectivity index (χ4n) is 1.00. The van der Waals surface area contributed by atoms with E-state index in [0.29, 0.717) is 5.03 Å². The quantitative estimate of drug-likeness (QED) is 0.616. The molecular formula is C10H10ClN. The van der Waals surface area contributed by atoms with Crippen molar-refractivity contribution in [3.05, 3.63) is 35.9 Å². The molecule has 0 aliphatic carbocycles. The van der Waals surface area contributed by atoms with Crippen molar-refractivity contribution < 1.29 is 0 Å². The minimum atomic E-state index is 0.498. The minimum absolute atomic E-state index is 0.498. The topological polar surface area (TPSA) is 12.4 Å². The number of hydrogen-bond acceptors (Lipinski definition) is 1. The summed E-state index contributed by atoms with van der Waals surface area (Å²) in [6.07, 6.45) is 0. The summed E-state index contributed by atoms with van der Waals surface area (Å²) in [4.78, 5) is 3.86. The van der Waals surface area contributed by atoms with Crippen molar-refractivity contribution in [2.45, 2.75) is 6.92 Å². The Kier molecular flexibility index (Phi) is 2.66. The summed E-state index contributed by atoms with van der Waals surface area (Å²) in [6.45, 7) is 9.10. The molecule has 0 radical (unpaired) electrons. The van der Waals surface area contributed by atoms with Crippen LogP contribution >= 0.6 is 11.6 Å². The van der Waals surface area contributed by atoms with E-state index >= 15 is 0 Å². The highest BCUT2D eigenvalue weighted by Crippen LogP contribution is 2.28. The van der Waals surface area contributed by atoms with E-state index < -0.39 is 0 Å². The van der Waals surface area contributed by atoms with E-state index in [2.05, 4.69) is 18.3 Å². The van der Waals surface area contributed by atoms with Crippen LogP contribution in [-0.4, -0.2) is 6.72 Å². The molecule has 0 heterocycles. The highest BCUT2D eigenvalue weighted by Gasteiger charge is 2.01. The van der Waals surface area contributed by atoms with Crippen molar-refractivity contribution in [2.24, 2.45) is 4.99 Å². The smallest absolute Gasteiger partial charge is 0.0712 e. The second-order valence-electron chi connectivity index (χ2n) is 2.58. The molecule has 0 spiro atoms. The maximum absolute atomic E-state index is 5.76. The second-order valence-corrected chi connectivity index (χ2v) is 3.04. The van der Waals surface area contributed by atoms with Crippen molar-refractivity contribution in [2.75, 3.05) is 0 Å². The third-order valence-electron chi connectivity index (χ3n) is 1.62. The van der Waals surface area contributed by atoms with Crippen LogP contribution in [-0.2, 0) is 0 Å². The number of nitrogens with zero attached hydrogens (tertiary/aromatic N) is 1. The van der Waals surface area contributed by atoms with Crippen molar-refractivity contribution >= 4 is 29.0 Å². The lowest BCUT2D eigenvalue weighted by atomic mass is 10.1. The number of aryl methyl sites for hydroxylation is 1. The third kappa shape index (κ3) is 1.74. The van der Waals surface area contributed by atoms with Gasteiger partial charge in [0.1, 0.15) is 0 Å². The van der Waals surface area contributed by atoms with Gasteiger partial charge in [0.15, 0.2) is 0 Å². The Morgan fingerprint density at radius 1 is 1.50 bits per heavy atom. The first-order chi connectivity index (χ1) is 5.65. The van der Waals surface area contributed by atoms with E-state index in [1.165, 1.54) is 0 Å². The van der Waals surface area contributed by atoms with Crippen LogP contribution in [0.3, 0.4) is 0 Å². The molecule has 0 aliphatic heterocycles. The Hall–Kier alpha value is -1.08. The fourth-order valence-corrected chi connectivity index (χ4v) is 1.16. The van der Waals surface area contributed by atoms with E-state index in [0.717, 1.165) is 16.8 Å². The average Bonchev–Trinajstić information content (AvgIpc) is 2.03. The molecule has 2 heteroatoms. The lowest BCUT2D eigenvalue weighted by Gasteiger charge is -2.03. The molecule has 0 aliphatic rings. The van der Waals surface area contributed by atoms with Crippen LogP contribution in [0.15, 0.2) is 29.8 Å². The molecular weight excluding hydrogens is 170 g/mol. The predicted octanol–water partition coefficient (Wildman–Crippen LogP) is 3.54. The Morgan fingerprint density at radius 2 is 2.17 bits per heavy atom. The molecule has 0 aromatic heterocycles. The van der Waals surface area contributed by atoms with Crippen molar-refractivity contribution in [3.8, 4) is 0 Å². The van der Waals surface area contributed by atoms with Gasteiger partial charge >= 0.3 is 0 Å². The molecule has 0 fully saturated rings. The van der Waals surface area contributed by atoms with Crippen molar-refractivity contribution in [1.29, 1.82) is 0 Å². The van der Waals surface area contributed by atoms with Crippen LogP contribution in [0.2, 0.25) is 0 Å². The minimum Gasteiger partial charge on any atom is -0.264 e. The molecule has 0 amide bonds.